The lowest BCUT2D eigenvalue weighted by Crippen LogP contribution is -2.16. The summed E-state index contributed by atoms with van der Waals surface area (Å²) in [4.78, 5) is 4.63. The molecular formula is C15H23NO. The quantitative estimate of drug-likeness (QED) is 0.747. The Labute approximate surface area is 104 Å². The predicted octanol–water partition coefficient (Wildman–Crippen LogP) is 3.01. The van der Waals surface area contributed by atoms with Gasteiger partial charge in [-0.15, -0.1) is 0 Å². The second-order valence-electron chi connectivity index (χ2n) is 6.16. The molecule has 2 nitrogen and oxygen atoms in total. The summed E-state index contributed by atoms with van der Waals surface area (Å²) in [7, 11) is 0. The zero-order chi connectivity index (χ0) is 12.5. The highest BCUT2D eigenvalue weighted by molar-refractivity contribution is 5.30. The van der Waals surface area contributed by atoms with E-state index in [0.29, 0.717) is 0 Å². The Balaban J connectivity index is 2.30. The lowest BCUT2D eigenvalue weighted by molar-refractivity contribution is 0.150. The highest BCUT2D eigenvalue weighted by Gasteiger charge is 2.18. The van der Waals surface area contributed by atoms with Gasteiger partial charge < -0.3 is 5.11 Å². The number of aromatic nitrogens is 1. The van der Waals surface area contributed by atoms with Gasteiger partial charge in [0.15, 0.2) is 0 Å². The summed E-state index contributed by atoms with van der Waals surface area (Å²) in [5.41, 5.74) is 4.04. The number of fused-ring (bicyclic) bond motifs is 1. The van der Waals surface area contributed by atoms with Crippen LogP contribution in [0.4, 0.5) is 0 Å². The third-order valence-electron chi connectivity index (χ3n) is 3.62. The molecule has 1 atom stereocenters. The smallest absolute Gasteiger partial charge is 0.0543 e. The van der Waals surface area contributed by atoms with Gasteiger partial charge in [0.25, 0.3) is 0 Å². The van der Waals surface area contributed by atoms with Crippen LogP contribution < -0.4 is 0 Å². The van der Waals surface area contributed by atoms with E-state index in [1.54, 1.807) is 0 Å². The van der Waals surface area contributed by atoms with Crippen molar-refractivity contribution in [3.8, 4) is 0 Å². The van der Waals surface area contributed by atoms with Crippen molar-refractivity contribution in [2.75, 3.05) is 0 Å². The van der Waals surface area contributed by atoms with Crippen molar-refractivity contribution in [1.29, 1.82) is 0 Å². The first kappa shape index (κ1) is 12.6. The summed E-state index contributed by atoms with van der Waals surface area (Å²) in [6.07, 6.45) is 6.73. The first-order valence-corrected chi connectivity index (χ1v) is 6.63. The van der Waals surface area contributed by atoms with Crippen LogP contribution in [0.15, 0.2) is 12.3 Å². The Kier molecular flexibility index (Phi) is 3.53. The fourth-order valence-electron chi connectivity index (χ4n) is 2.36. The third-order valence-corrected chi connectivity index (χ3v) is 3.62. The van der Waals surface area contributed by atoms with E-state index in [2.05, 4.69) is 31.8 Å². The van der Waals surface area contributed by atoms with Crippen LogP contribution in [0.5, 0.6) is 0 Å². The van der Waals surface area contributed by atoms with E-state index in [1.165, 1.54) is 16.8 Å². The van der Waals surface area contributed by atoms with E-state index in [-0.39, 0.29) is 11.5 Å². The molecule has 1 unspecified atom stereocenters. The summed E-state index contributed by atoms with van der Waals surface area (Å²) in [6, 6.07) is 2.29. The number of hydrogen-bond donors (Lipinski definition) is 1. The number of nitrogens with zero attached hydrogens (tertiary/aromatic N) is 1. The molecule has 94 valence electrons. The van der Waals surface area contributed by atoms with Gasteiger partial charge in [0.05, 0.1) is 6.10 Å². The Hall–Kier alpha value is -0.890. The van der Waals surface area contributed by atoms with Gasteiger partial charge in [-0.1, -0.05) is 26.8 Å². The minimum atomic E-state index is -0.124. The van der Waals surface area contributed by atoms with Crippen molar-refractivity contribution in [2.45, 2.75) is 64.4 Å². The van der Waals surface area contributed by atoms with Crippen molar-refractivity contribution in [1.82, 2.24) is 4.98 Å². The number of pyridine rings is 1. The van der Waals surface area contributed by atoms with Gasteiger partial charge in [0.1, 0.15) is 0 Å². The zero-order valence-electron chi connectivity index (χ0n) is 11.2. The van der Waals surface area contributed by atoms with Crippen molar-refractivity contribution in [3.63, 3.8) is 0 Å². The molecule has 0 amide bonds. The molecule has 1 aliphatic rings. The molecule has 1 N–H and O–H groups in total. The Morgan fingerprint density at radius 2 is 2.00 bits per heavy atom. The minimum Gasteiger partial charge on any atom is -0.393 e. The lowest BCUT2D eigenvalue weighted by atomic mass is 9.85. The molecule has 0 saturated carbocycles. The van der Waals surface area contributed by atoms with Crippen LogP contribution in [0, 0.1) is 0 Å². The molecule has 0 radical (unpaired) electrons. The molecule has 0 spiro atoms. The van der Waals surface area contributed by atoms with Gasteiger partial charge in [0.2, 0.25) is 0 Å². The molecule has 1 aliphatic carbocycles. The molecule has 1 aromatic rings. The number of aliphatic hydroxyl groups excluding tert-OH is 1. The van der Waals surface area contributed by atoms with Crippen LogP contribution in [0.2, 0.25) is 0 Å². The van der Waals surface area contributed by atoms with E-state index >= 15 is 0 Å². The summed E-state index contributed by atoms with van der Waals surface area (Å²) in [5.74, 6) is 0. The molecule has 1 aromatic heterocycles. The Morgan fingerprint density at radius 3 is 2.71 bits per heavy atom. The topological polar surface area (TPSA) is 33.1 Å². The second-order valence-corrected chi connectivity index (χ2v) is 6.16. The summed E-state index contributed by atoms with van der Waals surface area (Å²) < 4.78 is 0. The molecule has 2 rings (SSSR count). The zero-order valence-corrected chi connectivity index (χ0v) is 11.2. The normalized spacial score (nSPS) is 21.5. The molecular weight excluding hydrogens is 210 g/mol. The minimum absolute atomic E-state index is 0.124. The second kappa shape index (κ2) is 4.77. The van der Waals surface area contributed by atoms with Crippen molar-refractivity contribution >= 4 is 0 Å². The molecule has 0 fully saturated rings. The van der Waals surface area contributed by atoms with Gasteiger partial charge in [-0.3, -0.25) is 4.98 Å². The van der Waals surface area contributed by atoms with E-state index in [0.717, 1.165) is 32.1 Å². The molecule has 2 heteroatoms. The average molecular weight is 233 g/mol. The highest BCUT2D eigenvalue weighted by Crippen LogP contribution is 2.26. The number of hydrogen-bond acceptors (Lipinski definition) is 2. The van der Waals surface area contributed by atoms with Gasteiger partial charge in [-0.25, -0.2) is 0 Å². The van der Waals surface area contributed by atoms with E-state index < -0.39 is 0 Å². The number of aliphatic hydroxyl groups is 1. The Bertz CT molecular complexity index is 392. The maximum atomic E-state index is 9.75. The number of rotatable bonds is 0. The van der Waals surface area contributed by atoms with Gasteiger partial charge in [0, 0.05) is 11.9 Å². The molecule has 0 saturated heterocycles. The van der Waals surface area contributed by atoms with Gasteiger partial charge >= 0.3 is 0 Å². The standard InChI is InChI=1S/C15H23NO/c1-15(2,3)12-9-11-7-8-13(17)5-4-6-14(11)16-10-12/h9-10,13,17H,4-8H2,1-3H3. The van der Waals surface area contributed by atoms with Crippen LogP contribution in [0.3, 0.4) is 0 Å². The van der Waals surface area contributed by atoms with Crippen molar-refractivity contribution < 1.29 is 5.11 Å². The van der Waals surface area contributed by atoms with Gasteiger partial charge in [-0.2, -0.15) is 0 Å². The first-order chi connectivity index (χ1) is 7.97. The van der Waals surface area contributed by atoms with Crippen molar-refractivity contribution in [3.05, 3.63) is 29.1 Å². The first-order valence-electron chi connectivity index (χ1n) is 6.63. The molecule has 0 aromatic carbocycles. The predicted molar refractivity (Wildman–Crippen MR) is 70.2 cm³/mol. The Morgan fingerprint density at radius 1 is 1.24 bits per heavy atom. The lowest BCUT2D eigenvalue weighted by Gasteiger charge is -2.22. The molecule has 0 aliphatic heterocycles. The van der Waals surface area contributed by atoms with Gasteiger partial charge in [-0.05, 0) is 48.6 Å². The maximum absolute atomic E-state index is 9.75. The average Bonchev–Trinajstić information content (AvgIpc) is 2.23. The summed E-state index contributed by atoms with van der Waals surface area (Å²) in [6.45, 7) is 6.65. The van der Waals surface area contributed by atoms with Crippen LogP contribution in [0.25, 0.3) is 0 Å². The fourth-order valence-corrected chi connectivity index (χ4v) is 2.36. The summed E-state index contributed by atoms with van der Waals surface area (Å²) in [5, 5.41) is 9.75. The van der Waals surface area contributed by atoms with Crippen LogP contribution in [-0.2, 0) is 18.3 Å². The largest absolute Gasteiger partial charge is 0.393 e. The molecule has 0 bridgehead atoms. The highest BCUT2D eigenvalue weighted by atomic mass is 16.3. The number of aryl methyl sites for hydroxylation is 2. The molecule has 17 heavy (non-hydrogen) atoms. The fraction of sp³-hybridized carbons (Fsp3) is 0.667. The summed E-state index contributed by atoms with van der Waals surface area (Å²) >= 11 is 0. The van der Waals surface area contributed by atoms with Crippen molar-refractivity contribution in [2.24, 2.45) is 0 Å². The molecule has 1 heterocycles. The maximum Gasteiger partial charge on any atom is 0.0543 e. The van der Waals surface area contributed by atoms with Crippen LogP contribution in [-0.4, -0.2) is 16.2 Å². The third kappa shape index (κ3) is 3.06. The van der Waals surface area contributed by atoms with Crippen LogP contribution in [0.1, 0.15) is 56.9 Å². The van der Waals surface area contributed by atoms with E-state index in [4.69, 9.17) is 0 Å². The van der Waals surface area contributed by atoms with Crippen LogP contribution >= 0.6 is 0 Å². The SMILES string of the molecule is CC(C)(C)c1cnc2c(c1)CCC(O)CCC2. The monoisotopic (exact) mass is 233 g/mol. The van der Waals surface area contributed by atoms with E-state index in [9.17, 15) is 5.11 Å². The van der Waals surface area contributed by atoms with E-state index in [1.807, 2.05) is 6.20 Å².